The SMILES string of the molecule is COCc1nc(C(=O)N(C)CC(C)C(=O)O)cs1. The predicted molar refractivity (Wildman–Crippen MR) is 66.6 cm³/mol. The number of aliphatic carboxylic acids is 1. The van der Waals surface area contributed by atoms with Gasteiger partial charge in [-0.1, -0.05) is 6.92 Å². The van der Waals surface area contributed by atoms with E-state index in [0.717, 1.165) is 5.01 Å². The molecule has 6 nitrogen and oxygen atoms in total. The van der Waals surface area contributed by atoms with Crippen molar-refractivity contribution in [2.24, 2.45) is 5.92 Å². The maximum atomic E-state index is 12.0. The first-order valence-corrected chi connectivity index (χ1v) is 6.25. The number of thiazole rings is 1. The van der Waals surface area contributed by atoms with E-state index < -0.39 is 11.9 Å². The van der Waals surface area contributed by atoms with Gasteiger partial charge in [-0.3, -0.25) is 9.59 Å². The van der Waals surface area contributed by atoms with Crippen LogP contribution in [-0.4, -0.2) is 47.6 Å². The number of carbonyl (C=O) groups is 2. The largest absolute Gasteiger partial charge is 0.481 e. The predicted octanol–water partition coefficient (Wildman–Crippen LogP) is 1.08. The van der Waals surface area contributed by atoms with Crippen molar-refractivity contribution in [1.82, 2.24) is 9.88 Å². The fraction of sp³-hybridized carbons (Fsp3) is 0.545. The summed E-state index contributed by atoms with van der Waals surface area (Å²) in [7, 11) is 3.13. The summed E-state index contributed by atoms with van der Waals surface area (Å²) in [6.45, 7) is 2.09. The van der Waals surface area contributed by atoms with E-state index in [2.05, 4.69) is 4.98 Å². The van der Waals surface area contributed by atoms with E-state index in [1.54, 1.807) is 26.5 Å². The van der Waals surface area contributed by atoms with E-state index in [0.29, 0.717) is 12.3 Å². The molecule has 1 N–H and O–H groups in total. The molecule has 0 radical (unpaired) electrons. The number of carboxylic acids is 1. The molecule has 1 atom stereocenters. The maximum Gasteiger partial charge on any atom is 0.308 e. The lowest BCUT2D eigenvalue weighted by Crippen LogP contribution is -2.33. The summed E-state index contributed by atoms with van der Waals surface area (Å²) in [5.41, 5.74) is 0.326. The lowest BCUT2D eigenvalue weighted by atomic mass is 10.2. The molecule has 18 heavy (non-hydrogen) atoms. The minimum absolute atomic E-state index is 0.158. The third-order valence-corrected chi connectivity index (χ3v) is 3.18. The molecule has 100 valence electrons. The van der Waals surface area contributed by atoms with Crippen LogP contribution in [0.1, 0.15) is 22.4 Å². The van der Waals surface area contributed by atoms with Crippen LogP contribution in [-0.2, 0) is 16.1 Å². The molecular formula is C11H16N2O4S. The molecule has 0 spiro atoms. The lowest BCUT2D eigenvalue weighted by Gasteiger charge is -2.18. The van der Waals surface area contributed by atoms with E-state index in [9.17, 15) is 9.59 Å². The van der Waals surface area contributed by atoms with Crippen LogP contribution in [0.3, 0.4) is 0 Å². The molecule has 1 amide bonds. The molecule has 0 aliphatic carbocycles. The van der Waals surface area contributed by atoms with Gasteiger partial charge in [0.15, 0.2) is 0 Å². The molecule has 1 rings (SSSR count). The van der Waals surface area contributed by atoms with E-state index in [1.165, 1.54) is 16.2 Å². The third kappa shape index (κ3) is 3.78. The van der Waals surface area contributed by atoms with Crippen molar-refractivity contribution in [3.05, 3.63) is 16.1 Å². The summed E-state index contributed by atoms with van der Waals surface area (Å²) in [5, 5.41) is 11.2. The van der Waals surface area contributed by atoms with E-state index in [1.807, 2.05) is 0 Å². The Hall–Kier alpha value is -1.47. The van der Waals surface area contributed by atoms with Crippen LogP contribution in [0.4, 0.5) is 0 Å². The van der Waals surface area contributed by atoms with Crippen LogP contribution in [0.25, 0.3) is 0 Å². The second kappa shape index (κ2) is 6.46. The summed E-state index contributed by atoms with van der Waals surface area (Å²) in [6, 6.07) is 0. The Labute approximate surface area is 109 Å². The Morgan fingerprint density at radius 3 is 2.83 bits per heavy atom. The highest BCUT2D eigenvalue weighted by molar-refractivity contribution is 7.09. The molecule has 1 aromatic heterocycles. The van der Waals surface area contributed by atoms with Crippen LogP contribution in [0, 0.1) is 5.92 Å². The Kier molecular flexibility index (Phi) is 5.24. The number of amides is 1. The zero-order chi connectivity index (χ0) is 13.7. The highest BCUT2D eigenvalue weighted by atomic mass is 32.1. The number of carbonyl (C=O) groups excluding carboxylic acids is 1. The summed E-state index contributed by atoms with van der Waals surface area (Å²) >= 11 is 1.35. The van der Waals surface area contributed by atoms with Crippen LogP contribution in [0.5, 0.6) is 0 Å². The van der Waals surface area contributed by atoms with Gasteiger partial charge in [0.25, 0.3) is 5.91 Å². The first-order valence-electron chi connectivity index (χ1n) is 5.37. The highest BCUT2D eigenvalue weighted by Crippen LogP contribution is 2.13. The molecular weight excluding hydrogens is 256 g/mol. The van der Waals surface area contributed by atoms with Gasteiger partial charge in [-0.05, 0) is 0 Å². The van der Waals surface area contributed by atoms with Gasteiger partial charge in [0.05, 0.1) is 12.5 Å². The van der Waals surface area contributed by atoms with Gasteiger partial charge in [-0.25, -0.2) is 4.98 Å². The number of hydrogen-bond donors (Lipinski definition) is 1. The molecule has 0 aromatic carbocycles. The van der Waals surface area contributed by atoms with Gasteiger partial charge >= 0.3 is 5.97 Å². The molecule has 0 fully saturated rings. The van der Waals surface area contributed by atoms with Crippen molar-refractivity contribution in [2.75, 3.05) is 20.7 Å². The topological polar surface area (TPSA) is 79.7 Å². The van der Waals surface area contributed by atoms with Crippen molar-refractivity contribution < 1.29 is 19.4 Å². The van der Waals surface area contributed by atoms with Gasteiger partial charge < -0.3 is 14.7 Å². The van der Waals surface area contributed by atoms with Crippen LogP contribution in [0.15, 0.2) is 5.38 Å². The molecule has 0 bridgehead atoms. The molecule has 1 aromatic rings. The van der Waals surface area contributed by atoms with Gasteiger partial charge in [-0.15, -0.1) is 11.3 Å². The smallest absolute Gasteiger partial charge is 0.308 e. The summed E-state index contributed by atoms with van der Waals surface area (Å²) in [6.07, 6.45) is 0. The number of ether oxygens (including phenoxy) is 1. The molecule has 1 heterocycles. The first-order chi connectivity index (χ1) is 8.45. The third-order valence-electron chi connectivity index (χ3n) is 2.35. The number of aromatic nitrogens is 1. The number of nitrogens with zero attached hydrogens (tertiary/aromatic N) is 2. The van der Waals surface area contributed by atoms with Gasteiger partial charge in [0.2, 0.25) is 0 Å². The standard InChI is InChI=1S/C11H16N2O4S/c1-7(11(15)16)4-13(2)10(14)8-6-18-9(12-8)5-17-3/h6-7H,4-5H2,1-3H3,(H,15,16). The number of hydrogen-bond acceptors (Lipinski definition) is 5. The van der Waals surface area contributed by atoms with Crippen molar-refractivity contribution >= 4 is 23.2 Å². The Morgan fingerprint density at radius 1 is 1.61 bits per heavy atom. The van der Waals surface area contributed by atoms with Gasteiger partial charge in [0.1, 0.15) is 10.7 Å². The quantitative estimate of drug-likeness (QED) is 0.838. The minimum atomic E-state index is -0.923. The van der Waals surface area contributed by atoms with E-state index >= 15 is 0 Å². The summed E-state index contributed by atoms with van der Waals surface area (Å²) < 4.78 is 4.92. The summed E-state index contributed by atoms with van der Waals surface area (Å²) in [4.78, 5) is 28.2. The fourth-order valence-corrected chi connectivity index (χ4v) is 2.10. The maximum absolute atomic E-state index is 12.0. The highest BCUT2D eigenvalue weighted by Gasteiger charge is 2.20. The van der Waals surface area contributed by atoms with Crippen molar-refractivity contribution in [1.29, 1.82) is 0 Å². The fourth-order valence-electron chi connectivity index (χ4n) is 1.37. The molecule has 0 saturated carbocycles. The Bertz CT molecular complexity index is 432. The Balaban J connectivity index is 2.64. The van der Waals surface area contributed by atoms with E-state index in [4.69, 9.17) is 9.84 Å². The molecule has 0 aliphatic heterocycles. The second-order valence-corrected chi connectivity index (χ2v) is 4.93. The van der Waals surface area contributed by atoms with Gasteiger partial charge in [-0.2, -0.15) is 0 Å². The van der Waals surface area contributed by atoms with Crippen molar-refractivity contribution in [2.45, 2.75) is 13.5 Å². The van der Waals surface area contributed by atoms with Crippen LogP contribution in [0.2, 0.25) is 0 Å². The zero-order valence-corrected chi connectivity index (χ0v) is 11.4. The Morgan fingerprint density at radius 2 is 2.28 bits per heavy atom. The second-order valence-electron chi connectivity index (χ2n) is 3.98. The summed E-state index contributed by atoms with van der Waals surface area (Å²) in [5.74, 6) is -1.80. The number of rotatable bonds is 6. The zero-order valence-electron chi connectivity index (χ0n) is 10.5. The normalized spacial score (nSPS) is 12.2. The monoisotopic (exact) mass is 272 g/mol. The number of methoxy groups -OCH3 is 1. The minimum Gasteiger partial charge on any atom is -0.481 e. The molecule has 1 unspecified atom stereocenters. The molecule has 0 saturated heterocycles. The average Bonchev–Trinajstić information content (AvgIpc) is 2.76. The lowest BCUT2D eigenvalue weighted by molar-refractivity contribution is -0.141. The molecule has 0 aliphatic rings. The van der Waals surface area contributed by atoms with Gasteiger partial charge in [0, 0.05) is 26.1 Å². The van der Waals surface area contributed by atoms with Crippen molar-refractivity contribution in [3.63, 3.8) is 0 Å². The van der Waals surface area contributed by atoms with E-state index in [-0.39, 0.29) is 12.5 Å². The molecule has 7 heteroatoms. The average molecular weight is 272 g/mol. The van der Waals surface area contributed by atoms with Crippen LogP contribution >= 0.6 is 11.3 Å². The number of carboxylic acid groups (broad SMARTS) is 1. The van der Waals surface area contributed by atoms with Crippen LogP contribution < -0.4 is 0 Å². The first kappa shape index (κ1) is 14.6. The van der Waals surface area contributed by atoms with Crippen molar-refractivity contribution in [3.8, 4) is 0 Å².